The number of methoxy groups -OCH3 is 1. The van der Waals surface area contributed by atoms with Crippen LogP contribution in [-0.4, -0.2) is 36.0 Å². The highest BCUT2D eigenvalue weighted by Gasteiger charge is 2.16. The Bertz CT molecular complexity index is 146. The molecule has 0 saturated heterocycles. The third-order valence-electron chi connectivity index (χ3n) is 0.802. The molecule has 0 aromatic rings. The second kappa shape index (κ2) is 3.67. The number of hydrogen-bond acceptors (Lipinski definition) is 4. The second-order valence-electron chi connectivity index (χ2n) is 1.38. The largest absolute Gasteiger partial charge is 0.452 e. The van der Waals surface area contributed by atoms with Gasteiger partial charge in [-0.1, -0.05) is 0 Å². The first-order chi connectivity index (χ1) is 4.63. The number of nitrogens with zero attached hydrogens (tertiary/aromatic N) is 1. The van der Waals surface area contributed by atoms with Gasteiger partial charge in [-0.15, -0.1) is 0 Å². The van der Waals surface area contributed by atoms with E-state index < -0.39 is 18.9 Å². The van der Waals surface area contributed by atoms with Gasteiger partial charge in [0.05, 0.1) is 7.11 Å². The number of nitrogens with two attached hydrogens (primary N) is 1. The Balaban J connectivity index is 4.06. The average molecular weight is 148 g/mol. The molecule has 0 bridgehead atoms. The molecule has 0 unspecified atom stereocenters. The number of hydrogen-bond donors (Lipinski definition) is 2. The van der Waals surface area contributed by atoms with Gasteiger partial charge in [0, 0.05) is 0 Å². The summed E-state index contributed by atoms with van der Waals surface area (Å²) in [6.45, 7) is -0.776. The number of carbonyl (C=O) groups is 2. The van der Waals surface area contributed by atoms with Gasteiger partial charge in [0.25, 0.3) is 0 Å². The quantitative estimate of drug-likeness (QED) is 0.470. The van der Waals surface area contributed by atoms with E-state index in [4.69, 9.17) is 5.11 Å². The van der Waals surface area contributed by atoms with E-state index in [1.165, 1.54) is 0 Å². The normalized spacial score (nSPS) is 8.60. The Hall–Kier alpha value is -1.30. The number of amides is 3. The van der Waals surface area contributed by atoms with E-state index in [0.29, 0.717) is 4.90 Å². The lowest BCUT2D eigenvalue weighted by molar-refractivity contribution is 0.0930. The van der Waals surface area contributed by atoms with Gasteiger partial charge < -0.3 is 15.6 Å². The van der Waals surface area contributed by atoms with Gasteiger partial charge in [0.15, 0.2) is 0 Å². The number of carbonyl (C=O) groups excluding carboxylic acids is 2. The zero-order valence-corrected chi connectivity index (χ0v) is 5.40. The summed E-state index contributed by atoms with van der Waals surface area (Å²) in [4.78, 5) is 21.0. The fourth-order valence-corrected chi connectivity index (χ4v) is 0.328. The minimum Gasteiger partial charge on any atom is -0.452 e. The molecule has 6 heteroatoms. The second-order valence-corrected chi connectivity index (χ2v) is 1.38. The van der Waals surface area contributed by atoms with Crippen molar-refractivity contribution < 1.29 is 19.4 Å². The predicted octanol–water partition coefficient (Wildman–Crippen LogP) is -0.917. The van der Waals surface area contributed by atoms with Crippen molar-refractivity contribution in [1.29, 1.82) is 0 Å². The molecule has 0 saturated carbocycles. The highest BCUT2D eigenvalue weighted by Crippen LogP contribution is 1.88. The van der Waals surface area contributed by atoms with Crippen LogP contribution in [0.15, 0.2) is 0 Å². The zero-order chi connectivity index (χ0) is 8.15. The minimum atomic E-state index is -1.05. The summed E-state index contributed by atoms with van der Waals surface area (Å²) >= 11 is 0. The van der Waals surface area contributed by atoms with Gasteiger partial charge in [-0.3, -0.25) is 0 Å². The van der Waals surface area contributed by atoms with Crippen molar-refractivity contribution in [2.75, 3.05) is 13.8 Å². The van der Waals surface area contributed by atoms with E-state index in [-0.39, 0.29) is 0 Å². The van der Waals surface area contributed by atoms with Crippen LogP contribution in [0.5, 0.6) is 0 Å². The molecular formula is C4H8N2O4. The monoisotopic (exact) mass is 148 g/mol. The summed E-state index contributed by atoms with van der Waals surface area (Å²) in [6, 6.07) is -1.05. The van der Waals surface area contributed by atoms with Gasteiger partial charge in [-0.2, -0.15) is 0 Å². The Morgan fingerprint density at radius 1 is 1.70 bits per heavy atom. The van der Waals surface area contributed by atoms with Gasteiger partial charge in [0.1, 0.15) is 6.73 Å². The average Bonchev–Trinajstić information content (AvgIpc) is 1.88. The third-order valence-corrected chi connectivity index (χ3v) is 0.802. The molecule has 0 aromatic heterocycles. The molecule has 3 amide bonds. The van der Waals surface area contributed by atoms with Crippen molar-refractivity contribution >= 4 is 12.1 Å². The first-order valence-corrected chi connectivity index (χ1v) is 2.39. The number of urea groups is 1. The minimum absolute atomic E-state index is 0.347. The van der Waals surface area contributed by atoms with Gasteiger partial charge in [0.2, 0.25) is 0 Å². The van der Waals surface area contributed by atoms with Crippen molar-refractivity contribution in [3.63, 3.8) is 0 Å². The van der Waals surface area contributed by atoms with Crippen molar-refractivity contribution in [3.05, 3.63) is 0 Å². The summed E-state index contributed by atoms with van der Waals surface area (Å²) in [6.07, 6.45) is -0.977. The van der Waals surface area contributed by atoms with Gasteiger partial charge in [-0.25, -0.2) is 14.5 Å². The Labute approximate surface area is 57.2 Å². The molecule has 0 aliphatic carbocycles. The molecule has 0 aromatic carbocycles. The standard InChI is InChI=1S/C4H8N2O4/c1-10-4(9)6(2-7)3(5)8/h7H,2H2,1H3,(H2,5,8). The number of aliphatic hydroxyl groups is 1. The summed E-state index contributed by atoms with van der Waals surface area (Å²) in [5, 5.41) is 8.32. The highest BCUT2D eigenvalue weighted by atomic mass is 16.5. The van der Waals surface area contributed by atoms with E-state index in [0.717, 1.165) is 7.11 Å². The van der Waals surface area contributed by atoms with Crippen molar-refractivity contribution in [3.8, 4) is 0 Å². The van der Waals surface area contributed by atoms with Crippen LogP contribution in [0.3, 0.4) is 0 Å². The zero-order valence-electron chi connectivity index (χ0n) is 5.40. The van der Waals surface area contributed by atoms with Crippen LogP contribution in [0.1, 0.15) is 0 Å². The van der Waals surface area contributed by atoms with Crippen LogP contribution >= 0.6 is 0 Å². The Kier molecular flexibility index (Phi) is 3.20. The van der Waals surface area contributed by atoms with Crippen molar-refractivity contribution in [2.24, 2.45) is 5.73 Å². The molecule has 58 valence electrons. The van der Waals surface area contributed by atoms with Crippen LogP contribution in [0, 0.1) is 0 Å². The lowest BCUT2D eigenvalue weighted by Gasteiger charge is -2.12. The molecule has 0 aliphatic rings. The predicted molar refractivity (Wildman–Crippen MR) is 30.9 cm³/mol. The van der Waals surface area contributed by atoms with Crippen LogP contribution in [0.25, 0.3) is 0 Å². The maximum Gasteiger partial charge on any atom is 0.419 e. The lowest BCUT2D eigenvalue weighted by Crippen LogP contribution is -2.41. The van der Waals surface area contributed by atoms with Crippen molar-refractivity contribution in [2.45, 2.75) is 0 Å². The third kappa shape index (κ3) is 1.90. The Morgan fingerprint density at radius 3 is 2.30 bits per heavy atom. The first-order valence-electron chi connectivity index (χ1n) is 2.39. The topological polar surface area (TPSA) is 92.9 Å². The maximum atomic E-state index is 10.4. The van der Waals surface area contributed by atoms with E-state index in [2.05, 4.69) is 10.5 Å². The lowest BCUT2D eigenvalue weighted by atomic mass is 10.8. The number of rotatable bonds is 1. The molecule has 0 radical (unpaired) electrons. The fraction of sp³-hybridized carbons (Fsp3) is 0.500. The SMILES string of the molecule is COC(=O)N(CO)C(N)=O. The summed E-state index contributed by atoms with van der Waals surface area (Å²) in [5.74, 6) is 0. The summed E-state index contributed by atoms with van der Waals surface area (Å²) in [5.41, 5.74) is 4.65. The fourth-order valence-electron chi connectivity index (χ4n) is 0.328. The molecule has 0 atom stereocenters. The molecule has 0 spiro atoms. The number of imide groups is 1. The van der Waals surface area contributed by atoms with E-state index in [9.17, 15) is 9.59 Å². The van der Waals surface area contributed by atoms with Crippen LogP contribution in [-0.2, 0) is 4.74 Å². The van der Waals surface area contributed by atoms with Crippen LogP contribution in [0.4, 0.5) is 9.59 Å². The summed E-state index contributed by atoms with van der Waals surface area (Å²) in [7, 11) is 1.08. The first kappa shape index (κ1) is 8.70. The molecule has 10 heavy (non-hydrogen) atoms. The number of primary amides is 1. The van der Waals surface area contributed by atoms with E-state index >= 15 is 0 Å². The number of ether oxygens (including phenoxy) is 1. The van der Waals surface area contributed by atoms with E-state index in [1.807, 2.05) is 0 Å². The maximum absolute atomic E-state index is 10.4. The summed E-state index contributed by atoms with van der Waals surface area (Å²) < 4.78 is 4.09. The molecule has 0 fully saturated rings. The smallest absolute Gasteiger partial charge is 0.419 e. The number of aliphatic hydroxyl groups excluding tert-OH is 1. The van der Waals surface area contributed by atoms with Crippen molar-refractivity contribution in [1.82, 2.24) is 4.90 Å². The van der Waals surface area contributed by atoms with Crippen LogP contribution in [0.2, 0.25) is 0 Å². The molecule has 0 heterocycles. The molecule has 0 rings (SSSR count). The van der Waals surface area contributed by atoms with E-state index in [1.54, 1.807) is 0 Å². The molecule has 6 nitrogen and oxygen atoms in total. The highest BCUT2D eigenvalue weighted by molar-refractivity contribution is 5.89. The van der Waals surface area contributed by atoms with Gasteiger partial charge >= 0.3 is 12.1 Å². The Morgan fingerprint density at radius 2 is 2.20 bits per heavy atom. The molecule has 0 aliphatic heterocycles. The van der Waals surface area contributed by atoms with Crippen LogP contribution < -0.4 is 5.73 Å². The van der Waals surface area contributed by atoms with Gasteiger partial charge in [-0.05, 0) is 0 Å². The molecular weight excluding hydrogens is 140 g/mol. The molecule has 3 N–H and O–H groups in total.